The number of aromatic nitrogens is 1. The molecule has 27 heavy (non-hydrogen) atoms. The number of anilines is 1. The van der Waals surface area contributed by atoms with Gasteiger partial charge in [-0.25, -0.2) is 4.98 Å². The van der Waals surface area contributed by atoms with E-state index in [4.69, 9.17) is 0 Å². The predicted octanol–water partition coefficient (Wildman–Crippen LogP) is 1.22. The maximum absolute atomic E-state index is 12.3. The van der Waals surface area contributed by atoms with Crippen LogP contribution in [0.3, 0.4) is 0 Å². The van der Waals surface area contributed by atoms with Gasteiger partial charge in [0.25, 0.3) is 0 Å². The SMILES string of the molecule is Cl.Cl.O=C(CC1CCCN1)NCCC(=O)N1CCN(c2ccccn2)CC1. The summed E-state index contributed by atoms with van der Waals surface area (Å²) in [4.78, 5) is 32.6. The van der Waals surface area contributed by atoms with Crippen molar-refractivity contribution in [2.45, 2.75) is 31.7 Å². The van der Waals surface area contributed by atoms with Gasteiger partial charge in [-0.3, -0.25) is 9.59 Å². The maximum Gasteiger partial charge on any atom is 0.224 e. The second-order valence-electron chi connectivity index (χ2n) is 6.65. The zero-order chi connectivity index (χ0) is 17.5. The molecule has 2 saturated heterocycles. The average molecular weight is 418 g/mol. The molecule has 0 radical (unpaired) electrons. The summed E-state index contributed by atoms with van der Waals surface area (Å²) >= 11 is 0. The van der Waals surface area contributed by atoms with Crippen molar-refractivity contribution in [3.63, 3.8) is 0 Å². The molecule has 2 aliphatic heterocycles. The Morgan fingerprint density at radius 1 is 1.19 bits per heavy atom. The molecule has 7 nitrogen and oxygen atoms in total. The fourth-order valence-electron chi connectivity index (χ4n) is 3.42. The minimum Gasteiger partial charge on any atom is -0.356 e. The van der Waals surface area contributed by atoms with Gasteiger partial charge in [-0.2, -0.15) is 0 Å². The molecule has 3 rings (SSSR count). The third-order valence-corrected chi connectivity index (χ3v) is 4.86. The third-order valence-electron chi connectivity index (χ3n) is 4.86. The van der Waals surface area contributed by atoms with Crippen LogP contribution in [0.15, 0.2) is 24.4 Å². The first kappa shape index (κ1) is 23.5. The van der Waals surface area contributed by atoms with Crippen LogP contribution < -0.4 is 15.5 Å². The summed E-state index contributed by atoms with van der Waals surface area (Å²) in [5.41, 5.74) is 0. The lowest BCUT2D eigenvalue weighted by Gasteiger charge is -2.35. The number of nitrogens with zero attached hydrogens (tertiary/aromatic N) is 3. The van der Waals surface area contributed by atoms with E-state index < -0.39 is 0 Å². The Morgan fingerprint density at radius 2 is 1.96 bits per heavy atom. The highest BCUT2D eigenvalue weighted by molar-refractivity contribution is 5.85. The molecule has 0 aromatic carbocycles. The van der Waals surface area contributed by atoms with E-state index in [0.717, 1.165) is 38.3 Å². The summed E-state index contributed by atoms with van der Waals surface area (Å²) in [6, 6.07) is 6.17. The van der Waals surface area contributed by atoms with Crippen molar-refractivity contribution in [3.05, 3.63) is 24.4 Å². The number of piperazine rings is 1. The highest BCUT2D eigenvalue weighted by atomic mass is 35.5. The Bertz CT molecular complexity index is 576. The van der Waals surface area contributed by atoms with E-state index in [2.05, 4.69) is 20.5 Å². The van der Waals surface area contributed by atoms with E-state index in [9.17, 15) is 9.59 Å². The molecule has 0 spiro atoms. The van der Waals surface area contributed by atoms with Gasteiger partial charge in [0.2, 0.25) is 11.8 Å². The van der Waals surface area contributed by atoms with Crippen LogP contribution in [0.2, 0.25) is 0 Å². The lowest BCUT2D eigenvalue weighted by Crippen LogP contribution is -2.49. The molecular weight excluding hydrogens is 389 g/mol. The van der Waals surface area contributed by atoms with Crippen LogP contribution in [0, 0.1) is 0 Å². The molecule has 1 unspecified atom stereocenters. The van der Waals surface area contributed by atoms with E-state index >= 15 is 0 Å². The zero-order valence-electron chi connectivity index (χ0n) is 15.4. The van der Waals surface area contributed by atoms with Gasteiger partial charge in [-0.05, 0) is 31.5 Å². The first-order valence-corrected chi connectivity index (χ1v) is 9.16. The molecule has 0 saturated carbocycles. The van der Waals surface area contributed by atoms with Crippen LogP contribution >= 0.6 is 24.8 Å². The van der Waals surface area contributed by atoms with Gasteiger partial charge in [-0.1, -0.05) is 6.07 Å². The van der Waals surface area contributed by atoms with Crippen LogP contribution in [0.4, 0.5) is 5.82 Å². The minimum absolute atomic E-state index is 0. The maximum atomic E-state index is 12.3. The lowest BCUT2D eigenvalue weighted by atomic mass is 10.1. The van der Waals surface area contributed by atoms with E-state index in [0.29, 0.717) is 38.5 Å². The van der Waals surface area contributed by atoms with Crippen LogP contribution in [0.5, 0.6) is 0 Å². The quantitative estimate of drug-likeness (QED) is 0.727. The fourth-order valence-corrected chi connectivity index (χ4v) is 3.42. The molecule has 2 amide bonds. The van der Waals surface area contributed by atoms with E-state index in [-0.39, 0.29) is 36.6 Å². The smallest absolute Gasteiger partial charge is 0.224 e. The second-order valence-corrected chi connectivity index (χ2v) is 6.65. The number of nitrogens with one attached hydrogen (secondary N) is 2. The highest BCUT2D eigenvalue weighted by Crippen LogP contribution is 2.13. The monoisotopic (exact) mass is 417 g/mol. The van der Waals surface area contributed by atoms with E-state index in [1.807, 2.05) is 23.1 Å². The largest absolute Gasteiger partial charge is 0.356 e. The van der Waals surface area contributed by atoms with Crippen molar-refractivity contribution in [3.8, 4) is 0 Å². The van der Waals surface area contributed by atoms with Crippen molar-refractivity contribution >= 4 is 42.4 Å². The molecule has 152 valence electrons. The molecule has 1 atom stereocenters. The number of halogens is 2. The van der Waals surface area contributed by atoms with E-state index in [1.54, 1.807) is 6.20 Å². The Balaban J connectivity index is 0.00000182. The molecular formula is C18H29Cl2N5O2. The number of hydrogen-bond donors (Lipinski definition) is 2. The summed E-state index contributed by atoms with van der Waals surface area (Å²) in [7, 11) is 0. The molecule has 9 heteroatoms. The molecule has 1 aromatic rings. The first-order valence-electron chi connectivity index (χ1n) is 9.16. The molecule has 0 aliphatic carbocycles. The van der Waals surface area contributed by atoms with Gasteiger partial charge in [0.15, 0.2) is 0 Å². The van der Waals surface area contributed by atoms with Crippen LogP contribution in [0.25, 0.3) is 0 Å². The van der Waals surface area contributed by atoms with Gasteiger partial charge in [0.1, 0.15) is 5.82 Å². The summed E-state index contributed by atoms with van der Waals surface area (Å²) in [5.74, 6) is 1.11. The standard InChI is InChI=1S/C18H27N5O2.2ClH/c24-17(14-15-4-3-8-19-15)21-9-6-18(25)23-12-10-22(11-13-23)16-5-1-2-7-20-16;;/h1-2,5,7,15,19H,3-4,6,8-14H2,(H,21,24);2*1H. The number of hydrogen-bond acceptors (Lipinski definition) is 5. The molecule has 2 N–H and O–H groups in total. The first-order chi connectivity index (χ1) is 12.2. The number of carbonyl (C=O) groups excluding carboxylic acids is 2. The average Bonchev–Trinajstić information content (AvgIpc) is 3.15. The van der Waals surface area contributed by atoms with Crippen molar-refractivity contribution in [1.82, 2.24) is 20.5 Å². The summed E-state index contributed by atoms with van der Waals surface area (Å²) in [6.45, 7) is 4.42. The van der Waals surface area contributed by atoms with Gasteiger partial charge in [0, 0.05) is 57.8 Å². The normalized spacial score (nSPS) is 19.0. The van der Waals surface area contributed by atoms with Gasteiger partial charge in [-0.15, -0.1) is 24.8 Å². The van der Waals surface area contributed by atoms with Gasteiger partial charge < -0.3 is 20.4 Å². The molecule has 2 aliphatic rings. The number of amides is 2. The molecule has 0 bridgehead atoms. The van der Waals surface area contributed by atoms with Crippen molar-refractivity contribution < 1.29 is 9.59 Å². The van der Waals surface area contributed by atoms with Crippen molar-refractivity contribution in [2.75, 3.05) is 44.2 Å². The Morgan fingerprint density at radius 3 is 2.59 bits per heavy atom. The Hall–Kier alpha value is -1.57. The lowest BCUT2D eigenvalue weighted by molar-refractivity contribution is -0.131. The minimum atomic E-state index is 0. The van der Waals surface area contributed by atoms with Crippen LogP contribution in [-0.4, -0.2) is 67.0 Å². The van der Waals surface area contributed by atoms with Crippen molar-refractivity contribution in [1.29, 1.82) is 0 Å². The van der Waals surface area contributed by atoms with Crippen LogP contribution in [0.1, 0.15) is 25.7 Å². The summed E-state index contributed by atoms with van der Waals surface area (Å²) in [6.07, 6.45) is 4.87. The third kappa shape index (κ3) is 7.16. The number of carbonyl (C=O) groups is 2. The molecule has 1 aromatic heterocycles. The van der Waals surface area contributed by atoms with Gasteiger partial charge >= 0.3 is 0 Å². The number of pyridine rings is 1. The van der Waals surface area contributed by atoms with Crippen molar-refractivity contribution in [2.24, 2.45) is 0 Å². The van der Waals surface area contributed by atoms with E-state index in [1.165, 1.54) is 0 Å². The molecule has 2 fully saturated rings. The fraction of sp³-hybridized carbons (Fsp3) is 0.611. The van der Waals surface area contributed by atoms with Crippen LogP contribution in [-0.2, 0) is 9.59 Å². The predicted molar refractivity (Wildman–Crippen MR) is 111 cm³/mol. The topological polar surface area (TPSA) is 77.6 Å². The Labute approximate surface area is 173 Å². The second kappa shape index (κ2) is 12.0. The Kier molecular flexibility index (Phi) is 10.4. The summed E-state index contributed by atoms with van der Waals surface area (Å²) in [5, 5.41) is 6.18. The zero-order valence-corrected chi connectivity index (χ0v) is 17.1. The number of rotatable bonds is 6. The highest BCUT2D eigenvalue weighted by Gasteiger charge is 2.22. The molecule has 3 heterocycles. The van der Waals surface area contributed by atoms with Gasteiger partial charge in [0.05, 0.1) is 0 Å². The summed E-state index contributed by atoms with van der Waals surface area (Å²) < 4.78 is 0.